The number of phenolic OH excluding ortho intramolecular Hbond substituents is 1. The lowest BCUT2D eigenvalue weighted by molar-refractivity contribution is 0.102. The lowest BCUT2D eigenvalue weighted by atomic mass is 10.0. The van der Waals surface area contributed by atoms with Crippen molar-refractivity contribution in [3.05, 3.63) is 66.1 Å². The number of carbonyl (C=O) groups excluding carboxylic acids is 1. The van der Waals surface area contributed by atoms with E-state index in [2.05, 4.69) is 20.3 Å². The molecule has 0 unspecified atom stereocenters. The molecular weight excluding hydrogens is 382 g/mol. The van der Waals surface area contributed by atoms with Gasteiger partial charge in [-0.1, -0.05) is 0 Å². The Morgan fingerprint density at radius 1 is 1.23 bits per heavy atom. The summed E-state index contributed by atoms with van der Waals surface area (Å²) < 4.78 is 7.16. The number of anilines is 1. The lowest BCUT2D eigenvalue weighted by Gasteiger charge is -2.32. The van der Waals surface area contributed by atoms with Gasteiger partial charge < -0.3 is 15.2 Å². The Morgan fingerprint density at radius 3 is 2.80 bits per heavy atom. The van der Waals surface area contributed by atoms with Gasteiger partial charge in [-0.3, -0.25) is 14.7 Å². The Bertz CT molecular complexity index is 997. The molecule has 0 aliphatic carbocycles. The monoisotopic (exact) mass is 407 g/mol. The average molecular weight is 407 g/mol. The van der Waals surface area contributed by atoms with Crippen molar-refractivity contribution in [3.8, 4) is 11.5 Å². The van der Waals surface area contributed by atoms with Crippen LogP contribution >= 0.6 is 0 Å². The number of hydrogen-bond donors (Lipinski definition) is 2. The van der Waals surface area contributed by atoms with Crippen molar-refractivity contribution < 1.29 is 14.6 Å². The maximum absolute atomic E-state index is 12.5. The molecule has 2 N–H and O–H groups in total. The van der Waals surface area contributed by atoms with Crippen LogP contribution in [0.2, 0.25) is 0 Å². The number of aromatic nitrogens is 3. The number of ether oxygens (including phenoxy) is 1. The highest BCUT2D eigenvalue weighted by atomic mass is 16.5. The molecule has 30 heavy (non-hydrogen) atoms. The van der Waals surface area contributed by atoms with Crippen LogP contribution in [-0.4, -0.2) is 50.9 Å². The van der Waals surface area contributed by atoms with E-state index in [0.717, 1.165) is 37.2 Å². The predicted octanol–water partition coefficient (Wildman–Crippen LogP) is 3.08. The molecule has 3 aromatic rings. The van der Waals surface area contributed by atoms with Crippen LogP contribution in [0.3, 0.4) is 0 Å². The fourth-order valence-electron chi connectivity index (χ4n) is 3.77. The Labute approximate surface area is 175 Å². The molecular formula is C22H25N5O3. The van der Waals surface area contributed by atoms with Gasteiger partial charge in [-0.2, -0.15) is 5.10 Å². The quantitative estimate of drug-likeness (QED) is 0.652. The molecule has 4 rings (SSSR count). The molecule has 0 atom stereocenters. The zero-order chi connectivity index (χ0) is 20.9. The topological polar surface area (TPSA) is 92.5 Å². The first kappa shape index (κ1) is 19.9. The van der Waals surface area contributed by atoms with Crippen molar-refractivity contribution in [2.45, 2.75) is 25.4 Å². The summed E-state index contributed by atoms with van der Waals surface area (Å²) in [5, 5.41) is 17.5. The molecule has 8 heteroatoms. The van der Waals surface area contributed by atoms with E-state index in [1.165, 1.54) is 0 Å². The number of hydrogen-bond acceptors (Lipinski definition) is 6. The van der Waals surface area contributed by atoms with Gasteiger partial charge in [0.25, 0.3) is 5.91 Å². The molecule has 1 aromatic carbocycles. The normalized spacial score (nSPS) is 15.1. The Kier molecular flexibility index (Phi) is 5.94. The number of pyridine rings is 1. The maximum Gasteiger partial charge on any atom is 0.258 e. The summed E-state index contributed by atoms with van der Waals surface area (Å²) in [5.74, 6) is 1.51. The smallest absolute Gasteiger partial charge is 0.258 e. The zero-order valence-corrected chi connectivity index (χ0v) is 16.9. The van der Waals surface area contributed by atoms with Crippen molar-refractivity contribution >= 4 is 11.7 Å². The molecule has 1 fully saturated rings. The van der Waals surface area contributed by atoms with Crippen LogP contribution < -0.4 is 10.1 Å². The number of benzene rings is 1. The summed E-state index contributed by atoms with van der Waals surface area (Å²) >= 11 is 0. The second-order valence-corrected chi connectivity index (χ2v) is 7.36. The Balaban J connectivity index is 1.37. The molecule has 156 valence electrons. The van der Waals surface area contributed by atoms with E-state index in [1.54, 1.807) is 50.0 Å². The lowest BCUT2D eigenvalue weighted by Crippen LogP contribution is -2.35. The molecule has 3 heterocycles. The van der Waals surface area contributed by atoms with Crippen LogP contribution in [0.5, 0.6) is 11.5 Å². The molecule has 0 spiro atoms. The summed E-state index contributed by atoms with van der Waals surface area (Å²) in [6.07, 6.45) is 6.70. The van der Waals surface area contributed by atoms with E-state index in [4.69, 9.17) is 4.74 Å². The fraction of sp³-hybridized carbons (Fsp3) is 0.318. The van der Waals surface area contributed by atoms with E-state index in [9.17, 15) is 9.90 Å². The number of phenols is 1. The minimum Gasteiger partial charge on any atom is -0.508 e. The second kappa shape index (κ2) is 8.96. The largest absolute Gasteiger partial charge is 0.508 e. The zero-order valence-electron chi connectivity index (χ0n) is 16.9. The number of piperidine rings is 1. The molecule has 8 nitrogen and oxygen atoms in total. The van der Waals surface area contributed by atoms with E-state index in [-0.39, 0.29) is 17.7 Å². The molecule has 1 saturated heterocycles. The van der Waals surface area contributed by atoms with Gasteiger partial charge in [0.15, 0.2) is 0 Å². The van der Waals surface area contributed by atoms with Gasteiger partial charge in [0.1, 0.15) is 17.3 Å². The van der Waals surface area contributed by atoms with Crippen molar-refractivity contribution in [2.24, 2.45) is 0 Å². The van der Waals surface area contributed by atoms with Gasteiger partial charge in [0, 0.05) is 43.7 Å². The molecule has 0 radical (unpaired) electrons. The van der Waals surface area contributed by atoms with Crippen LogP contribution in [0.25, 0.3) is 0 Å². The Hall–Kier alpha value is -3.39. The van der Waals surface area contributed by atoms with Gasteiger partial charge >= 0.3 is 0 Å². The number of rotatable bonds is 6. The van der Waals surface area contributed by atoms with Gasteiger partial charge in [0.05, 0.1) is 24.9 Å². The van der Waals surface area contributed by atoms with Crippen molar-refractivity contribution in [3.63, 3.8) is 0 Å². The number of nitrogens with one attached hydrogen (secondary N) is 1. The summed E-state index contributed by atoms with van der Waals surface area (Å²) in [7, 11) is 1.62. The summed E-state index contributed by atoms with van der Waals surface area (Å²) in [6, 6.07) is 10.8. The van der Waals surface area contributed by atoms with Gasteiger partial charge in [0.2, 0.25) is 0 Å². The maximum atomic E-state index is 12.5. The van der Waals surface area contributed by atoms with Crippen LogP contribution in [-0.2, 0) is 6.54 Å². The number of likely N-dealkylation sites (tertiary alicyclic amines) is 1. The highest BCUT2D eigenvalue weighted by Gasteiger charge is 2.24. The predicted molar refractivity (Wildman–Crippen MR) is 113 cm³/mol. The first-order valence-corrected chi connectivity index (χ1v) is 9.97. The number of nitrogens with zero attached hydrogens (tertiary/aromatic N) is 4. The van der Waals surface area contributed by atoms with Crippen LogP contribution in [0.15, 0.2) is 55.0 Å². The summed E-state index contributed by atoms with van der Waals surface area (Å²) in [5.41, 5.74) is 1.37. The average Bonchev–Trinajstić information content (AvgIpc) is 3.24. The van der Waals surface area contributed by atoms with Crippen LogP contribution in [0.1, 0.15) is 34.8 Å². The third kappa shape index (κ3) is 4.44. The van der Waals surface area contributed by atoms with Gasteiger partial charge in [-0.05, 0) is 43.2 Å². The fourth-order valence-corrected chi connectivity index (χ4v) is 3.77. The van der Waals surface area contributed by atoms with E-state index in [1.807, 2.05) is 16.8 Å². The standard InChI is InChI=1S/C22H25N5O3/c1-30-19-4-5-20(28)17(13-19)15-26-11-7-18(8-12-26)27-21(6-10-24-27)25-22(29)16-3-2-9-23-14-16/h2-6,9-10,13-14,18,28H,7-8,11-12,15H2,1H3,(H,25,29). The van der Waals surface area contributed by atoms with Crippen molar-refractivity contribution in [2.75, 3.05) is 25.5 Å². The van der Waals surface area contributed by atoms with Gasteiger partial charge in [-0.25, -0.2) is 4.68 Å². The van der Waals surface area contributed by atoms with Gasteiger partial charge in [-0.15, -0.1) is 0 Å². The number of amides is 1. The van der Waals surface area contributed by atoms with Crippen molar-refractivity contribution in [1.82, 2.24) is 19.7 Å². The molecule has 1 aliphatic rings. The Morgan fingerprint density at radius 2 is 2.07 bits per heavy atom. The van der Waals surface area contributed by atoms with E-state index < -0.39 is 0 Å². The second-order valence-electron chi connectivity index (χ2n) is 7.36. The third-order valence-corrected chi connectivity index (χ3v) is 5.42. The third-order valence-electron chi connectivity index (χ3n) is 5.42. The molecule has 0 bridgehead atoms. The first-order valence-electron chi connectivity index (χ1n) is 9.97. The van der Waals surface area contributed by atoms with E-state index >= 15 is 0 Å². The molecule has 2 aromatic heterocycles. The molecule has 0 saturated carbocycles. The highest BCUT2D eigenvalue weighted by Crippen LogP contribution is 2.29. The van der Waals surface area contributed by atoms with Crippen LogP contribution in [0, 0.1) is 0 Å². The first-order chi connectivity index (χ1) is 14.6. The number of carbonyl (C=O) groups is 1. The number of aromatic hydroxyl groups is 1. The van der Waals surface area contributed by atoms with Crippen molar-refractivity contribution in [1.29, 1.82) is 0 Å². The number of methoxy groups -OCH3 is 1. The highest BCUT2D eigenvalue weighted by molar-refractivity contribution is 6.03. The van der Waals surface area contributed by atoms with Crippen LogP contribution in [0.4, 0.5) is 5.82 Å². The molecule has 1 aliphatic heterocycles. The minimum absolute atomic E-state index is 0.198. The summed E-state index contributed by atoms with van der Waals surface area (Å²) in [6.45, 7) is 2.41. The minimum atomic E-state index is -0.198. The summed E-state index contributed by atoms with van der Waals surface area (Å²) in [4.78, 5) is 18.8. The molecule has 1 amide bonds. The SMILES string of the molecule is COc1ccc(O)c(CN2CCC(n3nccc3NC(=O)c3cccnc3)CC2)c1. The van der Waals surface area contributed by atoms with E-state index in [0.29, 0.717) is 17.9 Å².